The Morgan fingerprint density at radius 1 is 1.33 bits per heavy atom. The van der Waals surface area contributed by atoms with Crippen LogP contribution in [0, 0.1) is 5.41 Å². The first-order valence-electron chi connectivity index (χ1n) is 4.84. The predicted molar refractivity (Wildman–Crippen MR) is 57.7 cm³/mol. The van der Waals surface area contributed by atoms with Gasteiger partial charge in [0.1, 0.15) is 18.5 Å². The lowest BCUT2D eigenvalue weighted by molar-refractivity contribution is -0.140. The molecule has 0 unspecified atom stereocenters. The lowest BCUT2D eigenvalue weighted by atomic mass is 9.91. The van der Waals surface area contributed by atoms with E-state index in [0.717, 1.165) is 0 Å². The van der Waals surface area contributed by atoms with Crippen molar-refractivity contribution in [3.05, 3.63) is 12.0 Å². The number of Topliss-reactive ketones (excluding diaryl/α,β-unsaturated/α-hetero) is 1. The first-order valence-corrected chi connectivity index (χ1v) is 4.84. The van der Waals surface area contributed by atoms with Crippen LogP contribution in [-0.4, -0.2) is 11.8 Å². The van der Waals surface area contributed by atoms with Crippen LogP contribution in [0.1, 0.15) is 40.5 Å². The number of allylic oxidation sites excluding steroid dienone is 1. The zero-order chi connectivity index (χ0) is 12.1. The van der Waals surface area contributed by atoms with Gasteiger partial charge in [0.15, 0.2) is 0 Å². The summed E-state index contributed by atoms with van der Waals surface area (Å²) in [5.74, 6) is -0.790. The zero-order valence-electron chi connectivity index (χ0n) is 9.79. The molecule has 0 aromatic carbocycles. The standard InChI is InChI=1S/C11H19NO3/c1-8(13)5-10(14)15-7-9(12)6-11(2,3)4/h7H,5-6,12H2,1-4H3. The van der Waals surface area contributed by atoms with Crippen LogP contribution in [0.5, 0.6) is 0 Å². The van der Waals surface area contributed by atoms with Crippen molar-refractivity contribution in [2.24, 2.45) is 11.1 Å². The van der Waals surface area contributed by atoms with E-state index in [1.165, 1.54) is 13.2 Å². The molecule has 0 saturated heterocycles. The smallest absolute Gasteiger partial charge is 0.318 e. The van der Waals surface area contributed by atoms with E-state index >= 15 is 0 Å². The van der Waals surface area contributed by atoms with Crippen LogP contribution >= 0.6 is 0 Å². The molecular formula is C11H19NO3. The summed E-state index contributed by atoms with van der Waals surface area (Å²) in [6.45, 7) is 7.44. The fourth-order valence-corrected chi connectivity index (χ4v) is 1.04. The van der Waals surface area contributed by atoms with Crippen molar-refractivity contribution in [3.63, 3.8) is 0 Å². The quantitative estimate of drug-likeness (QED) is 0.439. The van der Waals surface area contributed by atoms with Crippen molar-refractivity contribution >= 4 is 11.8 Å². The normalized spacial score (nSPS) is 12.4. The SMILES string of the molecule is CC(=O)CC(=O)OC=C(N)CC(C)(C)C. The molecule has 0 fully saturated rings. The molecule has 0 aliphatic heterocycles. The topological polar surface area (TPSA) is 69.4 Å². The van der Waals surface area contributed by atoms with Crippen LogP contribution in [0.15, 0.2) is 12.0 Å². The Kier molecular flexibility index (Phi) is 5.05. The minimum Gasteiger partial charge on any atom is -0.432 e. The summed E-state index contributed by atoms with van der Waals surface area (Å²) >= 11 is 0. The number of ketones is 1. The average Bonchev–Trinajstić information content (AvgIpc) is 1.96. The van der Waals surface area contributed by atoms with E-state index < -0.39 is 5.97 Å². The van der Waals surface area contributed by atoms with Crippen molar-refractivity contribution in [2.45, 2.75) is 40.5 Å². The van der Waals surface area contributed by atoms with Gasteiger partial charge in [0, 0.05) is 5.70 Å². The molecule has 0 aromatic rings. The van der Waals surface area contributed by atoms with Gasteiger partial charge >= 0.3 is 5.97 Å². The summed E-state index contributed by atoms with van der Waals surface area (Å²) in [5.41, 5.74) is 6.19. The maximum Gasteiger partial charge on any atom is 0.318 e. The van der Waals surface area contributed by atoms with Crippen LogP contribution < -0.4 is 5.73 Å². The molecule has 0 heterocycles. The largest absolute Gasteiger partial charge is 0.432 e. The summed E-state index contributed by atoms with van der Waals surface area (Å²) in [6, 6.07) is 0. The van der Waals surface area contributed by atoms with Crippen LogP contribution in [0.4, 0.5) is 0 Å². The van der Waals surface area contributed by atoms with E-state index in [0.29, 0.717) is 12.1 Å². The van der Waals surface area contributed by atoms with Crippen molar-refractivity contribution in [1.82, 2.24) is 0 Å². The highest BCUT2D eigenvalue weighted by molar-refractivity contribution is 5.94. The number of hydrogen-bond acceptors (Lipinski definition) is 4. The molecule has 0 aromatic heterocycles. The number of hydrogen-bond donors (Lipinski definition) is 1. The summed E-state index contributed by atoms with van der Waals surface area (Å²) in [7, 11) is 0. The summed E-state index contributed by atoms with van der Waals surface area (Å²) in [6.07, 6.45) is 1.65. The maximum atomic E-state index is 11.0. The minimum absolute atomic E-state index is 0.0492. The Morgan fingerprint density at radius 3 is 2.27 bits per heavy atom. The molecule has 0 radical (unpaired) electrons. The molecule has 0 aliphatic rings. The Balaban J connectivity index is 4.06. The highest BCUT2D eigenvalue weighted by Gasteiger charge is 2.12. The monoisotopic (exact) mass is 213 g/mol. The summed E-state index contributed by atoms with van der Waals surface area (Å²) in [4.78, 5) is 21.6. The van der Waals surface area contributed by atoms with Crippen molar-refractivity contribution in [2.75, 3.05) is 0 Å². The second-order valence-electron chi connectivity index (χ2n) is 4.80. The van der Waals surface area contributed by atoms with E-state index in [2.05, 4.69) is 0 Å². The van der Waals surface area contributed by atoms with Gasteiger partial charge in [-0.15, -0.1) is 0 Å². The van der Waals surface area contributed by atoms with Crippen LogP contribution in [0.3, 0.4) is 0 Å². The molecule has 0 spiro atoms. The van der Waals surface area contributed by atoms with Gasteiger partial charge in [-0.2, -0.15) is 0 Å². The number of carbonyl (C=O) groups excluding carboxylic acids is 2. The van der Waals surface area contributed by atoms with E-state index in [-0.39, 0.29) is 17.6 Å². The Labute approximate surface area is 90.5 Å². The van der Waals surface area contributed by atoms with Gasteiger partial charge in [0.2, 0.25) is 0 Å². The van der Waals surface area contributed by atoms with Crippen LogP contribution in [0.2, 0.25) is 0 Å². The van der Waals surface area contributed by atoms with Crippen LogP contribution in [-0.2, 0) is 14.3 Å². The Bertz CT molecular complexity index is 274. The van der Waals surface area contributed by atoms with Gasteiger partial charge in [-0.05, 0) is 18.8 Å². The first-order chi connectivity index (χ1) is 6.70. The predicted octanol–water partition coefficient (Wildman–Crippen LogP) is 1.74. The Hall–Kier alpha value is -1.32. The van der Waals surface area contributed by atoms with Crippen LogP contribution in [0.25, 0.3) is 0 Å². The summed E-state index contributed by atoms with van der Waals surface area (Å²) < 4.78 is 4.71. The van der Waals surface area contributed by atoms with E-state index in [1.807, 2.05) is 20.8 Å². The van der Waals surface area contributed by atoms with Crippen molar-refractivity contribution in [1.29, 1.82) is 0 Å². The third-order valence-electron chi connectivity index (χ3n) is 1.47. The van der Waals surface area contributed by atoms with Gasteiger partial charge in [0.25, 0.3) is 0 Å². The fourth-order valence-electron chi connectivity index (χ4n) is 1.04. The lowest BCUT2D eigenvalue weighted by Crippen LogP contribution is -2.13. The lowest BCUT2D eigenvalue weighted by Gasteiger charge is -2.17. The van der Waals surface area contributed by atoms with Crippen molar-refractivity contribution in [3.8, 4) is 0 Å². The minimum atomic E-state index is -0.570. The second-order valence-corrected chi connectivity index (χ2v) is 4.80. The van der Waals surface area contributed by atoms with Gasteiger partial charge in [-0.1, -0.05) is 20.8 Å². The van der Waals surface area contributed by atoms with E-state index in [4.69, 9.17) is 10.5 Å². The zero-order valence-corrected chi connectivity index (χ0v) is 9.79. The van der Waals surface area contributed by atoms with E-state index in [1.54, 1.807) is 0 Å². The highest BCUT2D eigenvalue weighted by Crippen LogP contribution is 2.21. The molecule has 0 rings (SSSR count). The molecule has 0 amide bonds. The average molecular weight is 213 g/mol. The molecule has 0 bridgehead atoms. The molecule has 4 nitrogen and oxygen atoms in total. The highest BCUT2D eigenvalue weighted by atomic mass is 16.5. The number of esters is 1. The molecular weight excluding hydrogens is 194 g/mol. The third kappa shape index (κ3) is 9.00. The number of carbonyl (C=O) groups is 2. The fraction of sp³-hybridized carbons (Fsp3) is 0.636. The van der Waals surface area contributed by atoms with Gasteiger partial charge in [-0.25, -0.2) is 0 Å². The second kappa shape index (κ2) is 5.53. The first kappa shape index (κ1) is 13.7. The summed E-state index contributed by atoms with van der Waals surface area (Å²) in [5, 5.41) is 0. The van der Waals surface area contributed by atoms with Gasteiger partial charge < -0.3 is 10.5 Å². The molecule has 15 heavy (non-hydrogen) atoms. The van der Waals surface area contributed by atoms with Gasteiger partial charge in [-0.3, -0.25) is 9.59 Å². The Morgan fingerprint density at radius 2 is 1.87 bits per heavy atom. The number of ether oxygens (including phenoxy) is 1. The molecule has 0 atom stereocenters. The number of nitrogens with two attached hydrogens (primary N) is 1. The molecule has 0 aliphatic carbocycles. The van der Waals surface area contributed by atoms with Gasteiger partial charge in [0.05, 0.1) is 0 Å². The third-order valence-corrected chi connectivity index (χ3v) is 1.47. The molecule has 86 valence electrons. The molecule has 4 heteroatoms. The number of rotatable bonds is 4. The maximum absolute atomic E-state index is 11.0. The molecule has 0 saturated carbocycles. The molecule has 2 N–H and O–H groups in total. The van der Waals surface area contributed by atoms with E-state index in [9.17, 15) is 9.59 Å². The van der Waals surface area contributed by atoms with Crippen molar-refractivity contribution < 1.29 is 14.3 Å².